The Morgan fingerprint density at radius 3 is 2.80 bits per heavy atom. The van der Waals surface area contributed by atoms with Crippen LogP contribution in [-0.2, 0) is 0 Å². The molecule has 0 aliphatic carbocycles. The van der Waals surface area contributed by atoms with Crippen LogP contribution in [0.25, 0.3) is 10.9 Å². The van der Waals surface area contributed by atoms with Gasteiger partial charge in [0.25, 0.3) is 0 Å². The number of rotatable bonds is 2. The van der Waals surface area contributed by atoms with E-state index in [1.807, 2.05) is 13.0 Å². The summed E-state index contributed by atoms with van der Waals surface area (Å²) in [4.78, 5) is 15.5. The summed E-state index contributed by atoms with van der Waals surface area (Å²) >= 11 is 0. The lowest BCUT2D eigenvalue weighted by Gasteiger charge is -2.06. The number of carbonyl (C=O) groups excluding carboxylic acids is 1. The molecule has 0 spiro atoms. The van der Waals surface area contributed by atoms with Crippen LogP contribution >= 0.6 is 0 Å². The largest absolute Gasteiger partial charge is 0.398 e. The van der Waals surface area contributed by atoms with E-state index >= 15 is 0 Å². The number of nitrogen functional groups attached to an aromatic ring is 1. The van der Waals surface area contributed by atoms with Gasteiger partial charge in [0, 0.05) is 33.9 Å². The highest BCUT2D eigenvalue weighted by Crippen LogP contribution is 2.25. The number of carbonyl (C=O) groups is 1. The molecule has 3 N–H and O–H groups in total. The van der Waals surface area contributed by atoms with Gasteiger partial charge in [-0.3, -0.25) is 4.79 Å². The number of aromatic amines is 1. The number of anilines is 1. The highest BCUT2D eigenvalue weighted by Gasteiger charge is 2.17. The maximum atomic E-state index is 13.2. The smallest absolute Gasteiger partial charge is 0.197 e. The average Bonchev–Trinajstić information content (AvgIpc) is 2.84. The Bertz CT molecular complexity index is 820. The summed E-state index contributed by atoms with van der Waals surface area (Å²) < 4.78 is 13.2. The van der Waals surface area contributed by atoms with Crippen molar-refractivity contribution in [2.75, 3.05) is 5.73 Å². The van der Waals surface area contributed by atoms with Crippen LogP contribution < -0.4 is 5.73 Å². The molecule has 1 heterocycles. The van der Waals surface area contributed by atoms with Crippen LogP contribution in [0.4, 0.5) is 10.1 Å². The molecular weight excluding hydrogens is 255 g/mol. The van der Waals surface area contributed by atoms with Crippen LogP contribution in [0.3, 0.4) is 0 Å². The fraction of sp³-hybridized carbons (Fsp3) is 0.0625. The van der Waals surface area contributed by atoms with Gasteiger partial charge in [0.15, 0.2) is 5.78 Å². The van der Waals surface area contributed by atoms with Crippen LogP contribution in [0.5, 0.6) is 0 Å². The second kappa shape index (κ2) is 4.49. The molecule has 0 radical (unpaired) electrons. The number of para-hydroxylation sites is 1. The zero-order chi connectivity index (χ0) is 14.3. The van der Waals surface area contributed by atoms with Crippen LogP contribution in [0, 0.1) is 12.7 Å². The van der Waals surface area contributed by atoms with Crippen molar-refractivity contribution in [2.24, 2.45) is 0 Å². The number of hydrogen-bond donors (Lipinski definition) is 2. The molecule has 3 rings (SSSR count). The van der Waals surface area contributed by atoms with E-state index in [2.05, 4.69) is 4.98 Å². The molecule has 20 heavy (non-hydrogen) atoms. The number of ketones is 1. The van der Waals surface area contributed by atoms with Gasteiger partial charge >= 0.3 is 0 Å². The van der Waals surface area contributed by atoms with E-state index < -0.39 is 0 Å². The molecule has 0 amide bonds. The molecule has 100 valence electrons. The molecule has 0 saturated carbocycles. The topological polar surface area (TPSA) is 58.9 Å². The van der Waals surface area contributed by atoms with E-state index in [1.54, 1.807) is 24.4 Å². The van der Waals surface area contributed by atoms with Crippen molar-refractivity contribution in [1.82, 2.24) is 4.98 Å². The highest BCUT2D eigenvalue weighted by molar-refractivity contribution is 6.18. The maximum absolute atomic E-state index is 13.2. The van der Waals surface area contributed by atoms with Gasteiger partial charge < -0.3 is 10.7 Å². The van der Waals surface area contributed by atoms with Crippen molar-refractivity contribution in [1.29, 1.82) is 0 Å². The molecule has 0 unspecified atom stereocenters. The number of aromatic nitrogens is 1. The van der Waals surface area contributed by atoms with Crippen LogP contribution in [-0.4, -0.2) is 10.8 Å². The van der Waals surface area contributed by atoms with E-state index in [1.165, 1.54) is 12.1 Å². The summed E-state index contributed by atoms with van der Waals surface area (Å²) in [6.07, 6.45) is 1.59. The molecule has 0 saturated heterocycles. The third-order valence-corrected chi connectivity index (χ3v) is 3.46. The van der Waals surface area contributed by atoms with Gasteiger partial charge in [-0.25, -0.2) is 4.39 Å². The number of halogens is 1. The van der Waals surface area contributed by atoms with Gasteiger partial charge in [0.1, 0.15) is 5.82 Å². The molecule has 3 nitrogen and oxygen atoms in total. The highest BCUT2D eigenvalue weighted by atomic mass is 19.1. The average molecular weight is 268 g/mol. The third kappa shape index (κ3) is 1.86. The van der Waals surface area contributed by atoms with E-state index in [-0.39, 0.29) is 11.6 Å². The first-order valence-corrected chi connectivity index (χ1v) is 6.24. The Hall–Kier alpha value is -2.62. The fourth-order valence-electron chi connectivity index (χ4n) is 2.31. The molecule has 4 heteroatoms. The predicted octanol–water partition coefficient (Wildman–Crippen LogP) is 3.43. The lowest BCUT2D eigenvalue weighted by atomic mass is 9.99. The number of hydrogen-bond acceptors (Lipinski definition) is 2. The van der Waals surface area contributed by atoms with Crippen molar-refractivity contribution >= 4 is 22.4 Å². The summed E-state index contributed by atoms with van der Waals surface area (Å²) in [6, 6.07) is 9.66. The Labute approximate surface area is 115 Å². The van der Waals surface area contributed by atoms with Gasteiger partial charge in [0.05, 0.1) is 0 Å². The van der Waals surface area contributed by atoms with E-state index in [4.69, 9.17) is 5.73 Å². The first-order chi connectivity index (χ1) is 9.58. The predicted molar refractivity (Wildman–Crippen MR) is 77.3 cm³/mol. The molecule has 0 bridgehead atoms. The van der Waals surface area contributed by atoms with Crippen molar-refractivity contribution in [3.05, 3.63) is 65.1 Å². The van der Waals surface area contributed by atoms with Gasteiger partial charge in [-0.2, -0.15) is 0 Å². The normalized spacial score (nSPS) is 10.9. The minimum atomic E-state index is -0.339. The Balaban J connectivity index is 2.16. The molecule has 0 aliphatic rings. The van der Waals surface area contributed by atoms with Crippen LogP contribution in [0.2, 0.25) is 0 Å². The first-order valence-electron chi connectivity index (χ1n) is 6.24. The van der Waals surface area contributed by atoms with Crippen LogP contribution in [0.1, 0.15) is 21.5 Å². The van der Waals surface area contributed by atoms with Gasteiger partial charge in [0.2, 0.25) is 0 Å². The summed E-state index contributed by atoms with van der Waals surface area (Å²) in [5.74, 6) is -0.502. The van der Waals surface area contributed by atoms with Crippen LogP contribution in [0.15, 0.2) is 42.6 Å². The van der Waals surface area contributed by atoms with Crippen molar-refractivity contribution in [2.45, 2.75) is 6.92 Å². The quantitative estimate of drug-likeness (QED) is 0.552. The Morgan fingerprint density at radius 1 is 1.20 bits per heavy atom. The molecule has 0 atom stereocenters. The minimum Gasteiger partial charge on any atom is -0.398 e. The standard InChI is InChI=1S/C16H13FN2O/c1-9-3-2-4-12(15(9)18)16(20)13-8-19-14-7-10(17)5-6-11(13)14/h2-8,19H,18H2,1H3. The zero-order valence-electron chi connectivity index (χ0n) is 10.9. The monoisotopic (exact) mass is 268 g/mol. The molecule has 3 aromatic rings. The molecular formula is C16H13FN2O. The first kappa shape index (κ1) is 12.4. The van der Waals surface area contributed by atoms with Gasteiger partial charge in [-0.1, -0.05) is 12.1 Å². The van der Waals surface area contributed by atoms with E-state index in [0.29, 0.717) is 27.7 Å². The van der Waals surface area contributed by atoms with Gasteiger partial charge in [-0.15, -0.1) is 0 Å². The Kier molecular flexibility index (Phi) is 2.79. The second-order valence-electron chi connectivity index (χ2n) is 4.76. The number of benzene rings is 2. The van der Waals surface area contributed by atoms with Crippen molar-refractivity contribution in [3.63, 3.8) is 0 Å². The summed E-state index contributed by atoms with van der Waals surface area (Å²) in [5.41, 5.74) is 8.87. The lowest BCUT2D eigenvalue weighted by molar-refractivity contribution is 0.104. The maximum Gasteiger partial charge on any atom is 0.197 e. The number of nitrogens with one attached hydrogen (secondary N) is 1. The zero-order valence-corrected chi connectivity index (χ0v) is 10.9. The number of nitrogens with two attached hydrogens (primary N) is 1. The number of aryl methyl sites for hydroxylation is 1. The van der Waals surface area contributed by atoms with Crippen molar-refractivity contribution in [3.8, 4) is 0 Å². The number of fused-ring (bicyclic) bond motifs is 1. The molecule has 0 aliphatic heterocycles. The molecule has 2 aromatic carbocycles. The third-order valence-electron chi connectivity index (χ3n) is 3.46. The summed E-state index contributed by atoms with van der Waals surface area (Å²) in [7, 11) is 0. The number of H-pyrrole nitrogens is 1. The lowest BCUT2D eigenvalue weighted by Crippen LogP contribution is -2.06. The minimum absolute atomic E-state index is 0.163. The summed E-state index contributed by atoms with van der Waals surface area (Å²) in [5, 5.41) is 0.692. The second-order valence-corrected chi connectivity index (χ2v) is 4.76. The van der Waals surface area contributed by atoms with E-state index in [0.717, 1.165) is 5.56 Å². The van der Waals surface area contributed by atoms with Crippen molar-refractivity contribution < 1.29 is 9.18 Å². The summed E-state index contributed by atoms with van der Waals surface area (Å²) in [6.45, 7) is 1.86. The molecule has 1 aromatic heterocycles. The fourth-order valence-corrected chi connectivity index (χ4v) is 2.31. The van der Waals surface area contributed by atoms with Gasteiger partial charge in [-0.05, 0) is 36.8 Å². The molecule has 0 fully saturated rings. The van der Waals surface area contributed by atoms with E-state index in [9.17, 15) is 9.18 Å². The Morgan fingerprint density at radius 2 is 2.00 bits per heavy atom. The SMILES string of the molecule is Cc1cccc(C(=O)c2c[nH]c3cc(F)ccc23)c1N.